The average molecular weight is 322 g/mol. The molecule has 0 amide bonds. The van der Waals surface area contributed by atoms with Gasteiger partial charge in [0, 0.05) is 5.69 Å². The fraction of sp³-hybridized carbons (Fsp3) is 0.417. The smallest absolute Gasteiger partial charge is 0.324 e. The molecule has 1 aromatic rings. The van der Waals surface area contributed by atoms with E-state index in [9.17, 15) is 22.0 Å². The molecule has 0 aliphatic heterocycles. The number of carbonyl (C=O) groups is 1. The molecule has 0 aliphatic carbocycles. The van der Waals surface area contributed by atoms with Gasteiger partial charge >= 0.3 is 5.97 Å². The van der Waals surface area contributed by atoms with Crippen LogP contribution in [0.4, 0.5) is 14.5 Å². The first-order valence-corrected chi connectivity index (χ1v) is 7.43. The van der Waals surface area contributed by atoms with Crippen LogP contribution < -0.4 is 10.5 Å². The molecule has 1 atom stereocenters. The van der Waals surface area contributed by atoms with Gasteiger partial charge in [-0.3, -0.25) is 4.79 Å². The van der Waals surface area contributed by atoms with Crippen LogP contribution >= 0.6 is 0 Å². The Labute approximate surface area is 121 Å². The number of ether oxygens (including phenoxy) is 1. The third-order valence-electron chi connectivity index (χ3n) is 2.71. The van der Waals surface area contributed by atoms with E-state index in [1.54, 1.807) is 13.8 Å². The molecule has 3 N–H and O–H groups in total. The summed E-state index contributed by atoms with van der Waals surface area (Å²) in [5.41, 5.74) is 5.05. The zero-order chi connectivity index (χ0) is 16.4. The second-order valence-corrected chi connectivity index (χ2v) is 6.36. The molecule has 0 aliphatic rings. The predicted octanol–water partition coefficient (Wildman–Crippen LogP) is 1.02. The summed E-state index contributed by atoms with van der Waals surface area (Å²) in [5, 5.41) is 0. The summed E-state index contributed by atoms with van der Waals surface area (Å²) in [7, 11) is -3.39. The minimum absolute atomic E-state index is 0.256. The molecule has 9 heteroatoms. The number of anilines is 1. The van der Waals surface area contributed by atoms with E-state index in [-0.39, 0.29) is 5.69 Å². The zero-order valence-electron chi connectivity index (χ0n) is 11.7. The first kappa shape index (κ1) is 17.3. The minimum Gasteiger partial charge on any atom is -0.468 e. The Balaban J connectivity index is 3.26. The van der Waals surface area contributed by atoms with Crippen molar-refractivity contribution >= 4 is 21.7 Å². The van der Waals surface area contributed by atoms with Gasteiger partial charge in [0.15, 0.2) is 11.6 Å². The molecule has 0 heterocycles. The topological polar surface area (TPSA) is 98.5 Å². The molecule has 118 valence electrons. The fourth-order valence-corrected chi connectivity index (χ4v) is 3.05. The number of hydrogen-bond acceptors (Lipinski definition) is 5. The van der Waals surface area contributed by atoms with Crippen LogP contribution in [-0.2, 0) is 19.6 Å². The maximum atomic E-state index is 13.6. The van der Waals surface area contributed by atoms with Gasteiger partial charge < -0.3 is 10.5 Å². The number of carbonyl (C=O) groups excluding carboxylic acids is 1. The molecule has 0 spiro atoms. The standard InChI is InChI=1S/C12H16F2N2O4S/c1-6(2)11(12(17)20-3)16-21(18,19)9-5-7(15)4-8(13)10(9)14/h4-6,11,16H,15H2,1-3H3. The van der Waals surface area contributed by atoms with E-state index in [2.05, 4.69) is 4.74 Å². The largest absolute Gasteiger partial charge is 0.468 e. The predicted molar refractivity (Wildman–Crippen MR) is 71.7 cm³/mol. The lowest BCUT2D eigenvalue weighted by Crippen LogP contribution is -2.45. The molecule has 0 saturated carbocycles. The van der Waals surface area contributed by atoms with Crippen molar-refractivity contribution < 1.29 is 26.7 Å². The third kappa shape index (κ3) is 3.88. The van der Waals surface area contributed by atoms with Crippen LogP contribution in [0.3, 0.4) is 0 Å². The number of nitrogens with one attached hydrogen (secondary N) is 1. The van der Waals surface area contributed by atoms with Gasteiger partial charge in [0.25, 0.3) is 0 Å². The summed E-state index contributed by atoms with van der Waals surface area (Å²) in [6, 6.07) is 0.202. The molecule has 1 unspecified atom stereocenters. The molecular weight excluding hydrogens is 306 g/mol. The van der Waals surface area contributed by atoms with Crippen LogP contribution in [0, 0.1) is 17.6 Å². The second-order valence-electron chi connectivity index (χ2n) is 4.68. The van der Waals surface area contributed by atoms with Crippen LogP contribution in [0.15, 0.2) is 17.0 Å². The summed E-state index contributed by atoms with van der Waals surface area (Å²) in [6.45, 7) is 3.14. The maximum absolute atomic E-state index is 13.6. The zero-order valence-corrected chi connectivity index (χ0v) is 12.5. The second kappa shape index (κ2) is 6.35. The number of halogens is 2. The highest BCUT2D eigenvalue weighted by Crippen LogP contribution is 2.22. The number of nitrogen functional groups attached to an aromatic ring is 1. The molecule has 1 rings (SSSR count). The lowest BCUT2D eigenvalue weighted by Gasteiger charge is -2.20. The minimum atomic E-state index is -4.48. The molecule has 0 radical (unpaired) electrons. The molecule has 6 nitrogen and oxygen atoms in total. The Morgan fingerprint density at radius 3 is 2.38 bits per heavy atom. The Hall–Kier alpha value is -1.74. The summed E-state index contributed by atoms with van der Waals surface area (Å²) in [4.78, 5) is 10.6. The summed E-state index contributed by atoms with van der Waals surface area (Å²) >= 11 is 0. The van der Waals surface area contributed by atoms with Crippen LogP contribution in [0.25, 0.3) is 0 Å². The Bertz CT molecular complexity index is 647. The highest BCUT2D eigenvalue weighted by molar-refractivity contribution is 7.89. The number of sulfonamides is 1. The number of esters is 1. The highest BCUT2D eigenvalue weighted by Gasteiger charge is 2.31. The van der Waals surface area contributed by atoms with E-state index < -0.39 is 44.5 Å². The van der Waals surface area contributed by atoms with E-state index in [1.807, 2.05) is 4.72 Å². The number of benzene rings is 1. The highest BCUT2D eigenvalue weighted by atomic mass is 32.2. The fourth-order valence-electron chi connectivity index (χ4n) is 1.59. The Morgan fingerprint density at radius 1 is 1.33 bits per heavy atom. The van der Waals surface area contributed by atoms with Gasteiger partial charge in [-0.25, -0.2) is 17.2 Å². The van der Waals surface area contributed by atoms with Crippen molar-refractivity contribution in [3.05, 3.63) is 23.8 Å². The van der Waals surface area contributed by atoms with Crippen molar-refractivity contribution in [1.29, 1.82) is 0 Å². The normalized spacial score (nSPS) is 13.2. The van der Waals surface area contributed by atoms with Crippen molar-refractivity contribution in [3.63, 3.8) is 0 Å². The van der Waals surface area contributed by atoms with Crippen molar-refractivity contribution in [3.8, 4) is 0 Å². The van der Waals surface area contributed by atoms with Crippen LogP contribution in [-0.4, -0.2) is 27.5 Å². The van der Waals surface area contributed by atoms with Crippen LogP contribution in [0.5, 0.6) is 0 Å². The monoisotopic (exact) mass is 322 g/mol. The first-order chi connectivity index (χ1) is 9.60. The van der Waals surface area contributed by atoms with Gasteiger partial charge in [0.05, 0.1) is 7.11 Å². The molecule has 0 saturated heterocycles. The summed E-state index contributed by atoms with van der Waals surface area (Å²) in [5.74, 6) is -4.25. The van der Waals surface area contributed by atoms with E-state index in [0.717, 1.165) is 13.2 Å². The van der Waals surface area contributed by atoms with E-state index in [4.69, 9.17) is 5.73 Å². The summed E-state index contributed by atoms with van der Waals surface area (Å²) < 4.78 is 57.6. The van der Waals surface area contributed by atoms with E-state index in [1.165, 1.54) is 0 Å². The van der Waals surface area contributed by atoms with Crippen molar-refractivity contribution in [2.45, 2.75) is 24.8 Å². The van der Waals surface area contributed by atoms with Crippen LogP contribution in [0.2, 0.25) is 0 Å². The first-order valence-electron chi connectivity index (χ1n) is 5.94. The van der Waals surface area contributed by atoms with Crippen LogP contribution in [0.1, 0.15) is 13.8 Å². The van der Waals surface area contributed by atoms with Gasteiger partial charge in [0.1, 0.15) is 10.9 Å². The Morgan fingerprint density at radius 2 is 1.90 bits per heavy atom. The molecule has 0 aromatic heterocycles. The van der Waals surface area contributed by atoms with Gasteiger partial charge in [-0.05, 0) is 18.1 Å². The van der Waals surface area contributed by atoms with Crippen molar-refractivity contribution in [1.82, 2.24) is 4.72 Å². The molecule has 21 heavy (non-hydrogen) atoms. The lowest BCUT2D eigenvalue weighted by molar-refractivity contribution is -0.143. The number of methoxy groups -OCH3 is 1. The van der Waals surface area contributed by atoms with Gasteiger partial charge in [-0.2, -0.15) is 4.72 Å². The number of nitrogens with two attached hydrogens (primary N) is 1. The molecular formula is C12H16F2N2O4S. The van der Waals surface area contributed by atoms with Gasteiger partial charge in [0.2, 0.25) is 10.0 Å². The molecule has 0 bridgehead atoms. The number of hydrogen-bond donors (Lipinski definition) is 2. The van der Waals surface area contributed by atoms with Gasteiger partial charge in [-0.1, -0.05) is 13.8 Å². The van der Waals surface area contributed by atoms with E-state index >= 15 is 0 Å². The molecule has 0 fully saturated rings. The number of rotatable bonds is 5. The SMILES string of the molecule is COC(=O)C(NS(=O)(=O)c1cc(N)cc(F)c1F)C(C)C. The maximum Gasteiger partial charge on any atom is 0.324 e. The van der Waals surface area contributed by atoms with Crippen molar-refractivity contribution in [2.24, 2.45) is 5.92 Å². The quantitative estimate of drug-likeness (QED) is 0.623. The average Bonchev–Trinajstić information content (AvgIpc) is 2.38. The molecule has 1 aromatic carbocycles. The van der Waals surface area contributed by atoms with Crippen molar-refractivity contribution in [2.75, 3.05) is 12.8 Å². The summed E-state index contributed by atoms with van der Waals surface area (Å²) in [6.07, 6.45) is 0. The Kier molecular flexibility index (Phi) is 5.24. The van der Waals surface area contributed by atoms with E-state index in [0.29, 0.717) is 6.07 Å². The van der Waals surface area contributed by atoms with Gasteiger partial charge in [-0.15, -0.1) is 0 Å². The lowest BCUT2D eigenvalue weighted by atomic mass is 10.1. The third-order valence-corrected chi connectivity index (χ3v) is 4.15.